The zero-order valence-corrected chi connectivity index (χ0v) is 18.5. The zero-order valence-electron chi connectivity index (χ0n) is 17.7. The smallest absolute Gasteiger partial charge is 0.343 e. The Morgan fingerprint density at radius 1 is 1.13 bits per heavy atom. The number of hydrogen-bond acceptors (Lipinski definition) is 7. The van der Waals surface area contributed by atoms with Crippen molar-refractivity contribution < 1.29 is 32.7 Å². The molecule has 0 spiro atoms. The first-order chi connectivity index (χ1) is 13.7. The Morgan fingerprint density at radius 2 is 1.67 bits per heavy atom. The maximum absolute atomic E-state index is 12.1. The van der Waals surface area contributed by atoms with E-state index in [1.165, 1.54) is 12.1 Å². The number of phenols is 1. The van der Waals surface area contributed by atoms with Gasteiger partial charge in [-0.05, 0) is 57.5 Å². The molecule has 0 saturated heterocycles. The Balaban J connectivity index is 0.000000804. The molecule has 0 aromatic heterocycles. The maximum Gasteiger partial charge on any atom is 0.343 e. The average molecular weight is 440 g/mol. The summed E-state index contributed by atoms with van der Waals surface area (Å²) in [5.74, 6) is -0.670. The van der Waals surface area contributed by atoms with Crippen molar-refractivity contribution in [2.45, 2.75) is 39.3 Å². The Kier molecular flexibility index (Phi) is 8.98. The van der Waals surface area contributed by atoms with E-state index in [1.807, 2.05) is 39.8 Å². The number of aryl methyl sites for hydroxylation is 1. The molecule has 166 valence electrons. The van der Waals surface area contributed by atoms with Gasteiger partial charge in [0.25, 0.3) is 10.1 Å². The third-order valence-corrected chi connectivity index (χ3v) is 3.68. The predicted molar refractivity (Wildman–Crippen MR) is 114 cm³/mol. The quantitative estimate of drug-likeness (QED) is 0.318. The van der Waals surface area contributed by atoms with Crippen LogP contribution in [0, 0.1) is 6.92 Å². The summed E-state index contributed by atoms with van der Waals surface area (Å²) in [6, 6.07) is 11.5. The lowest BCUT2D eigenvalue weighted by Gasteiger charge is -2.23. The van der Waals surface area contributed by atoms with E-state index in [0.717, 1.165) is 5.56 Å². The van der Waals surface area contributed by atoms with Gasteiger partial charge >= 0.3 is 5.97 Å². The first-order valence-electron chi connectivity index (χ1n) is 9.13. The van der Waals surface area contributed by atoms with E-state index in [0.29, 0.717) is 23.9 Å². The molecular weight excluding hydrogens is 410 g/mol. The number of ether oxygens (including phenoxy) is 1. The monoisotopic (exact) mass is 439 g/mol. The van der Waals surface area contributed by atoms with Crippen molar-refractivity contribution >= 4 is 16.1 Å². The summed E-state index contributed by atoms with van der Waals surface area (Å²) in [7, 11) is -3.67. The Morgan fingerprint density at radius 3 is 2.13 bits per heavy atom. The third kappa shape index (κ3) is 10.4. The molecule has 2 aromatic carbocycles. The molecular formula is C21H29NO7S. The van der Waals surface area contributed by atoms with E-state index in [9.17, 15) is 23.4 Å². The van der Waals surface area contributed by atoms with Crippen LogP contribution in [0.5, 0.6) is 11.5 Å². The molecule has 8 nitrogen and oxygen atoms in total. The molecule has 0 fully saturated rings. The summed E-state index contributed by atoms with van der Waals surface area (Å²) < 4.78 is 31.1. The van der Waals surface area contributed by atoms with Crippen molar-refractivity contribution in [3.05, 3.63) is 59.2 Å². The van der Waals surface area contributed by atoms with Gasteiger partial charge < -0.3 is 20.3 Å². The van der Waals surface area contributed by atoms with Crippen LogP contribution in [0.3, 0.4) is 0 Å². The highest BCUT2D eigenvalue weighted by Crippen LogP contribution is 2.30. The van der Waals surface area contributed by atoms with Crippen LogP contribution in [0.1, 0.15) is 48.4 Å². The molecule has 0 bridgehead atoms. The standard InChI is InChI=1S/C20H25NO4.CH4O3S/c1-13-5-7-14(8-6-13)19(24)25-18-10-9-15(11-16(18)22)17(23)12-21-20(2,3)4;1-5(2,3)4/h5-11,17,21-23H,12H2,1-4H3;1H3,(H,2,3,4). The lowest BCUT2D eigenvalue weighted by Crippen LogP contribution is -2.38. The third-order valence-electron chi connectivity index (χ3n) is 3.68. The second kappa shape index (κ2) is 10.5. The fraction of sp³-hybridized carbons (Fsp3) is 0.381. The SMILES string of the molecule is CS(=O)(=O)O.Cc1ccc(C(=O)Oc2ccc(C(O)CNC(C)(C)C)cc2O)cc1. The summed E-state index contributed by atoms with van der Waals surface area (Å²) in [4.78, 5) is 12.1. The van der Waals surface area contributed by atoms with E-state index < -0.39 is 22.2 Å². The van der Waals surface area contributed by atoms with Gasteiger partial charge in [0.15, 0.2) is 11.5 Å². The summed E-state index contributed by atoms with van der Waals surface area (Å²) in [5, 5.41) is 23.5. The fourth-order valence-electron chi connectivity index (χ4n) is 2.20. The molecule has 0 amide bonds. The predicted octanol–water partition coefficient (Wildman–Crippen LogP) is 2.85. The van der Waals surface area contributed by atoms with Crippen LogP contribution in [0.25, 0.3) is 0 Å². The number of rotatable bonds is 5. The summed E-state index contributed by atoms with van der Waals surface area (Å²) in [6.07, 6.45) is -0.0560. The zero-order chi connectivity index (χ0) is 23.1. The molecule has 1 unspecified atom stereocenters. The van der Waals surface area contributed by atoms with Gasteiger partial charge in [-0.2, -0.15) is 8.42 Å². The molecule has 9 heteroatoms. The summed E-state index contributed by atoms with van der Waals surface area (Å²) in [6.45, 7) is 8.30. The highest BCUT2D eigenvalue weighted by atomic mass is 32.2. The Hall–Kier alpha value is -2.46. The van der Waals surface area contributed by atoms with E-state index in [2.05, 4.69) is 5.32 Å². The van der Waals surface area contributed by atoms with E-state index in [1.54, 1.807) is 18.2 Å². The summed E-state index contributed by atoms with van der Waals surface area (Å²) >= 11 is 0. The lowest BCUT2D eigenvalue weighted by molar-refractivity contribution is 0.0729. The highest BCUT2D eigenvalue weighted by Gasteiger charge is 2.16. The van der Waals surface area contributed by atoms with E-state index in [4.69, 9.17) is 9.29 Å². The van der Waals surface area contributed by atoms with Crippen LogP contribution in [-0.2, 0) is 10.1 Å². The number of carbonyl (C=O) groups is 1. The maximum atomic E-state index is 12.1. The van der Waals surface area contributed by atoms with E-state index >= 15 is 0 Å². The molecule has 0 aliphatic rings. The number of aliphatic hydroxyl groups is 1. The van der Waals surface area contributed by atoms with Gasteiger partial charge in [-0.25, -0.2) is 4.79 Å². The fourth-order valence-corrected chi connectivity index (χ4v) is 2.20. The van der Waals surface area contributed by atoms with Gasteiger partial charge in [0, 0.05) is 12.1 Å². The average Bonchev–Trinajstić information content (AvgIpc) is 2.60. The van der Waals surface area contributed by atoms with Gasteiger partial charge in [0.1, 0.15) is 0 Å². The van der Waals surface area contributed by atoms with Crippen molar-refractivity contribution in [3.8, 4) is 11.5 Å². The van der Waals surface area contributed by atoms with E-state index in [-0.39, 0.29) is 17.0 Å². The molecule has 0 saturated carbocycles. The van der Waals surface area contributed by atoms with Gasteiger partial charge in [-0.15, -0.1) is 0 Å². The van der Waals surface area contributed by atoms with Crippen molar-refractivity contribution in [1.82, 2.24) is 5.32 Å². The minimum Gasteiger partial charge on any atom is -0.504 e. The molecule has 30 heavy (non-hydrogen) atoms. The Labute approximate surface area is 177 Å². The van der Waals surface area contributed by atoms with Crippen LogP contribution in [0.4, 0.5) is 0 Å². The molecule has 0 radical (unpaired) electrons. The number of carbonyl (C=O) groups excluding carboxylic acids is 1. The molecule has 2 rings (SSSR count). The van der Waals surface area contributed by atoms with Crippen LogP contribution in [0.2, 0.25) is 0 Å². The van der Waals surface area contributed by atoms with Crippen molar-refractivity contribution in [2.75, 3.05) is 12.8 Å². The highest BCUT2D eigenvalue weighted by molar-refractivity contribution is 7.85. The number of phenolic OH excluding ortho intramolecular Hbond substituents is 1. The van der Waals surface area contributed by atoms with Crippen LogP contribution in [-0.4, -0.2) is 47.5 Å². The first-order valence-corrected chi connectivity index (χ1v) is 11.0. The second-order valence-corrected chi connectivity index (χ2v) is 9.33. The number of nitrogens with one attached hydrogen (secondary N) is 1. The topological polar surface area (TPSA) is 133 Å². The number of hydrogen-bond donors (Lipinski definition) is 4. The van der Waals surface area contributed by atoms with Crippen LogP contribution in [0.15, 0.2) is 42.5 Å². The number of esters is 1. The van der Waals surface area contributed by atoms with Crippen molar-refractivity contribution in [3.63, 3.8) is 0 Å². The van der Waals surface area contributed by atoms with Gasteiger partial charge in [-0.1, -0.05) is 23.8 Å². The number of β-amino-alcohol motifs (C(OH)–C–C–N with tert-alkyl or cyclic N) is 1. The molecule has 4 N–H and O–H groups in total. The second-order valence-electron chi connectivity index (χ2n) is 7.86. The minimum absolute atomic E-state index is 0.0605. The summed E-state index contributed by atoms with van der Waals surface area (Å²) in [5.41, 5.74) is 1.88. The normalized spacial score (nSPS) is 12.5. The van der Waals surface area contributed by atoms with Gasteiger partial charge in [0.2, 0.25) is 0 Å². The van der Waals surface area contributed by atoms with Crippen LogP contribution < -0.4 is 10.1 Å². The molecule has 0 heterocycles. The Bertz CT molecular complexity index is 940. The van der Waals surface area contributed by atoms with Crippen molar-refractivity contribution in [2.24, 2.45) is 0 Å². The van der Waals surface area contributed by atoms with Gasteiger partial charge in [-0.3, -0.25) is 4.55 Å². The van der Waals surface area contributed by atoms with Crippen LogP contribution >= 0.6 is 0 Å². The molecule has 1 atom stereocenters. The first kappa shape index (κ1) is 25.6. The number of aliphatic hydroxyl groups excluding tert-OH is 1. The van der Waals surface area contributed by atoms with Gasteiger partial charge in [0.05, 0.1) is 17.9 Å². The number of aromatic hydroxyl groups is 1. The largest absolute Gasteiger partial charge is 0.504 e. The minimum atomic E-state index is -3.67. The van der Waals surface area contributed by atoms with Crippen molar-refractivity contribution in [1.29, 1.82) is 0 Å². The lowest BCUT2D eigenvalue weighted by atomic mass is 10.1. The number of benzene rings is 2. The molecule has 2 aromatic rings. The molecule has 0 aliphatic heterocycles. The molecule has 0 aliphatic carbocycles.